The summed E-state index contributed by atoms with van der Waals surface area (Å²) in [7, 11) is 0. The normalized spacial score (nSPS) is 19.7. The highest BCUT2D eigenvalue weighted by molar-refractivity contribution is 5.88. The summed E-state index contributed by atoms with van der Waals surface area (Å²) in [6.45, 7) is 8.99. The van der Waals surface area contributed by atoms with Crippen molar-refractivity contribution in [3.63, 3.8) is 0 Å². The predicted octanol–water partition coefficient (Wildman–Crippen LogP) is 2.52. The number of nitrogens with zero attached hydrogens (tertiary/aromatic N) is 1. The number of likely N-dealkylation sites (tertiary alicyclic amines) is 1. The lowest BCUT2D eigenvalue weighted by atomic mass is 9.93. The van der Waals surface area contributed by atoms with Crippen molar-refractivity contribution in [1.82, 2.24) is 4.90 Å². The van der Waals surface area contributed by atoms with Gasteiger partial charge in [0.15, 0.2) is 0 Å². The van der Waals surface area contributed by atoms with Gasteiger partial charge in [-0.25, -0.2) is 4.79 Å². The molecule has 0 radical (unpaired) electrons. The van der Waals surface area contributed by atoms with Gasteiger partial charge in [0.1, 0.15) is 17.1 Å². The molecule has 1 saturated heterocycles. The highest BCUT2D eigenvalue weighted by Crippen LogP contribution is 2.30. The highest BCUT2D eigenvalue weighted by atomic mass is 16.4. The SMILES string of the molecule is Cc1oc(CN2CCC(C)(C)C2)cc1C(=O)O. The molecule has 1 aromatic heterocycles. The Kier molecular flexibility index (Phi) is 3.00. The number of hydrogen-bond acceptors (Lipinski definition) is 3. The van der Waals surface area contributed by atoms with Crippen molar-refractivity contribution >= 4 is 5.97 Å². The van der Waals surface area contributed by atoms with Crippen molar-refractivity contribution in [2.45, 2.75) is 33.7 Å². The molecule has 1 aromatic rings. The number of carbonyl (C=O) groups is 1. The van der Waals surface area contributed by atoms with Gasteiger partial charge in [-0.3, -0.25) is 4.90 Å². The van der Waals surface area contributed by atoms with Gasteiger partial charge < -0.3 is 9.52 Å². The lowest BCUT2D eigenvalue weighted by Gasteiger charge is -2.18. The van der Waals surface area contributed by atoms with E-state index in [-0.39, 0.29) is 5.56 Å². The van der Waals surface area contributed by atoms with Gasteiger partial charge in [0, 0.05) is 6.54 Å². The molecule has 4 heteroatoms. The molecule has 1 aliphatic heterocycles. The maximum atomic E-state index is 10.9. The first-order valence-corrected chi connectivity index (χ1v) is 5.92. The standard InChI is InChI=1S/C13H19NO3/c1-9-11(12(15)16)6-10(17-9)7-14-5-4-13(2,3)8-14/h6H,4-5,7-8H2,1-3H3,(H,15,16). The molecule has 0 aromatic carbocycles. The van der Waals surface area contributed by atoms with Crippen LogP contribution in [0.25, 0.3) is 0 Å². The molecule has 4 nitrogen and oxygen atoms in total. The minimum absolute atomic E-state index is 0.276. The Hall–Kier alpha value is -1.29. The van der Waals surface area contributed by atoms with Crippen molar-refractivity contribution in [2.24, 2.45) is 5.41 Å². The Bertz CT molecular complexity index is 434. The van der Waals surface area contributed by atoms with E-state index >= 15 is 0 Å². The average Bonchev–Trinajstić information content (AvgIpc) is 2.70. The number of hydrogen-bond donors (Lipinski definition) is 1. The zero-order valence-electron chi connectivity index (χ0n) is 10.6. The van der Waals surface area contributed by atoms with Crippen molar-refractivity contribution in [3.05, 3.63) is 23.2 Å². The number of aryl methyl sites for hydroxylation is 1. The lowest BCUT2D eigenvalue weighted by Crippen LogP contribution is -2.22. The van der Waals surface area contributed by atoms with Crippen LogP contribution in [0.15, 0.2) is 10.5 Å². The third-order valence-corrected chi connectivity index (χ3v) is 3.34. The summed E-state index contributed by atoms with van der Waals surface area (Å²) in [5.74, 6) is 0.322. The summed E-state index contributed by atoms with van der Waals surface area (Å²) in [5, 5.41) is 8.95. The summed E-state index contributed by atoms with van der Waals surface area (Å²) in [6.07, 6.45) is 1.18. The Morgan fingerprint density at radius 1 is 1.59 bits per heavy atom. The van der Waals surface area contributed by atoms with Crippen LogP contribution in [0.1, 0.15) is 42.1 Å². The second kappa shape index (κ2) is 4.18. The van der Waals surface area contributed by atoms with E-state index in [1.54, 1.807) is 13.0 Å². The molecule has 1 N–H and O–H groups in total. The van der Waals surface area contributed by atoms with E-state index in [2.05, 4.69) is 18.7 Å². The quantitative estimate of drug-likeness (QED) is 0.877. The van der Waals surface area contributed by atoms with Crippen LogP contribution in [0.5, 0.6) is 0 Å². The first-order valence-electron chi connectivity index (χ1n) is 5.92. The lowest BCUT2D eigenvalue weighted by molar-refractivity contribution is 0.0695. The fourth-order valence-electron chi connectivity index (χ4n) is 2.41. The number of furan rings is 1. The Labute approximate surface area is 101 Å². The molecule has 94 valence electrons. The van der Waals surface area contributed by atoms with E-state index in [4.69, 9.17) is 9.52 Å². The molecular formula is C13H19NO3. The number of aromatic carboxylic acids is 1. The van der Waals surface area contributed by atoms with Gasteiger partial charge >= 0.3 is 5.97 Å². The van der Waals surface area contributed by atoms with Crippen LogP contribution in [0.4, 0.5) is 0 Å². The molecular weight excluding hydrogens is 218 g/mol. The van der Waals surface area contributed by atoms with Crippen molar-refractivity contribution in [2.75, 3.05) is 13.1 Å². The van der Waals surface area contributed by atoms with Crippen molar-refractivity contribution in [3.8, 4) is 0 Å². The first-order chi connectivity index (χ1) is 7.87. The molecule has 0 aliphatic carbocycles. The zero-order valence-corrected chi connectivity index (χ0v) is 10.6. The van der Waals surface area contributed by atoms with Gasteiger partial charge in [0.25, 0.3) is 0 Å². The van der Waals surface area contributed by atoms with Gasteiger partial charge in [0.05, 0.1) is 6.54 Å². The smallest absolute Gasteiger partial charge is 0.339 e. The monoisotopic (exact) mass is 237 g/mol. The van der Waals surface area contributed by atoms with E-state index in [1.807, 2.05) is 0 Å². The van der Waals surface area contributed by atoms with E-state index in [0.717, 1.165) is 18.8 Å². The van der Waals surface area contributed by atoms with Gasteiger partial charge in [-0.15, -0.1) is 0 Å². The molecule has 1 fully saturated rings. The molecule has 0 spiro atoms. The Morgan fingerprint density at radius 3 is 2.76 bits per heavy atom. The molecule has 0 saturated carbocycles. The molecule has 0 atom stereocenters. The summed E-state index contributed by atoms with van der Waals surface area (Å²) in [4.78, 5) is 13.2. The molecule has 1 aliphatic rings. The van der Waals surface area contributed by atoms with Crippen LogP contribution < -0.4 is 0 Å². The fraction of sp³-hybridized carbons (Fsp3) is 0.615. The molecule has 2 heterocycles. The number of rotatable bonds is 3. The summed E-state index contributed by atoms with van der Waals surface area (Å²) in [6, 6.07) is 1.64. The van der Waals surface area contributed by atoms with Crippen LogP contribution >= 0.6 is 0 Å². The first kappa shape index (κ1) is 12.2. The minimum atomic E-state index is -0.917. The van der Waals surface area contributed by atoms with Gasteiger partial charge in [-0.05, 0) is 31.4 Å². The predicted molar refractivity (Wildman–Crippen MR) is 64.1 cm³/mol. The van der Waals surface area contributed by atoms with E-state index in [0.29, 0.717) is 17.7 Å². The Morgan fingerprint density at radius 2 is 2.29 bits per heavy atom. The van der Waals surface area contributed by atoms with Crippen molar-refractivity contribution < 1.29 is 14.3 Å². The molecule has 17 heavy (non-hydrogen) atoms. The molecule has 2 rings (SSSR count). The van der Waals surface area contributed by atoms with Crippen LogP contribution in [0.3, 0.4) is 0 Å². The number of carboxylic acid groups (broad SMARTS) is 1. The van der Waals surface area contributed by atoms with E-state index < -0.39 is 5.97 Å². The van der Waals surface area contributed by atoms with E-state index in [9.17, 15) is 4.79 Å². The fourth-order valence-corrected chi connectivity index (χ4v) is 2.41. The second-order valence-corrected chi connectivity index (χ2v) is 5.61. The summed E-state index contributed by atoms with van der Waals surface area (Å²) >= 11 is 0. The second-order valence-electron chi connectivity index (χ2n) is 5.61. The third kappa shape index (κ3) is 2.69. The summed E-state index contributed by atoms with van der Waals surface area (Å²) < 4.78 is 5.48. The van der Waals surface area contributed by atoms with Gasteiger partial charge in [-0.1, -0.05) is 13.8 Å². The van der Waals surface area contributed by atoms with Gasteiger partial charge in [0.2, 0.25) is 0 Å². The van der Waals surface area contributed by atoms with Crippen LogP contribution in [-0.4, -0.2) is 29.1 Å². The van der Waals surface area contributed by atoms with Crippen LogP contribution in [0, 0.1) is 12.3 Å². The van der Waals surface area contributed by atoms with Crippen LogP contribution in [-0.2, 0) is 6.54 Å². The van der Waals surface area contributed by atoms with Crippen LogP contribution in [0.2, 0.25) is 0 Å². The Balaban J connectivity index is 2.05. The van der Waals surface area contributed by atoms with Gasteiger partial charge in [-0.2, -0.15) is 0 Å². The summed E-state index contributed by atoms with van der Waals surface area (Å²) in [5.41, 5.74) is 0.635. The minimum Gasteiger partial charge on any atom is -0.478 e. The van der Waals surface area contributed by atoms with E-state index in [1.165, 1.54) is 6.42 Å². The largest absolute Gasteiger partial charge is 0.478 e. The molecule has 0 bridgehead atoms. The maximum Gasteiger partial charge on any atom is 0.339 e. The zero-order chi connectivity index (χ0) is 12.6. The molecule has 0 unspecified atom stereocenters. The number of carboxylic acids is 1. The molecule has 0 amide bonds. The van der Waals surface area contributed by atoms with Crippen molar-refractivity contribution in [1.29, 1.82) is 0 Å². The maximum absolute atomic E-state index is 10.9. The average molecular weight is 237 g/mol. The topological polar surface area (TPSA) is 53.7 Å². The third-order valence-electron chi connectivity index (χ3n) is 3.34. The highest BCUT2D eigenvalue weighted by Gasteiger charge is 2.29.